The van der Waals surface area contributed by atoms with Crippen LogP contribution < -0.4 is 0 Å². The van der Waals surface area contributed by atoms with Gasteiger partial charge in [-0.05, 0) is 51.4 Å². The van der Waals surface area contributed by atoms with Crippen LogP contribution in [0.1, 0.15) is 155 Å². The van der Waals surface area contributed by atoms with E-state index in [4.69, 9.17) is 19.1 Å². The smallest absolute Gasteiger partial charge is 0.462 e. The summed E-state index contributed by atoms with van der Waals surface area (Å²) in [5.41, 5.74) is 0. The molecule has 3 atom stereocenters. The number of ether oxygens (including phenoxy) is 2. The molecule has 0 amide bonds. The van der Waals surface area contributed by atoms with E-state index in [1.165, 1.54) is 51.4 Å². The van der Waals surface area contributed by atoms with Crippen LogP contribution >= 0.6 is 7.82 Å². The molecule has 0 aliphatic carbocycles. The van der Waals surface area contributed by atoms with Crippen molar-refractivity contribution in [1.82, 2.24) is 0 Å². The Balaban J connectivity index is 4.42. The van der Waals surface area contributed by atoms with Crippen molar-refractivity contribution >= 4 is 19.8 Å². The SMILES string of the molecule is CCC/C=C/C/C=C/C/C=C/C/C=C/CCCCCC(=O)O[C@H](COC(=O)CCCCCCCCCCCCC)COP(=O)(O)OC[C@@H](O)CO. The molecule has 0 heterocycles. The summed E-state index contributed by atoms with van der Waals surface area (Å²) >= 11 is 0. The molecule has 3 N–H and O–H groups in total. The second-order valence-corrected chi connectivity index (χ2v) is 14.4. The average molecular weight is 743 g/mol. The zero-order valence-electron chi connectivity index (χ0n) is 31.8. The molecular formula is C40H71O10P. The van der Waals surface area contributed by atoms with Crippen molar-refractivity contribution in [3.8, 4) is 0 Å². The van der Waals surface area contributed by atoms with E-state index in [9.17, 15) is 24.2 Å². The Bertz CT molecular complexity index is 994. The lowest BCUT2D eigenvalue weighted by Gasteiger charge is -2.20. The van der Waals surface area contributed by atoms with Crippen molar-refractivity contribution in [3.63, 3.8) is 0 Å². The predicted octanol–water partition coefficient (Wildman–Crippen LogP) is 9.77. The fourth-order valence-electron chi connectivity index (χ4n) is 4.92. The van der Waals surface area contributed by atoms with Crippen molar-refractivity contribution in [3.05, 3.63) is 48.6 Å². The summed E-state index contributed by atoms with van der Waals surface area (Å²) in [7, 11) is -4.62. The molecule has 0 saturated heterocycles. The third kappa shape index (κ3) is 36.1. The van der Waals surface area contributed by atoms with Gasteiger partial charge in [-0.1, -0.05) is 140 Å². The Morgan fingerprint density at radius 2 is 1.06 bits per heavy atom. The zero-order chi connectivity index (χ0) is 37.7. The van der Waals surface area contributed by atoms with E-state index in [1.54, 1.807) is 0 Å². The first-order valence-corrected chi connectivity index (χ1v) is 21.1. The molecule has 11 heteroatoms. The fourth-order valence-corrected chi connectivity index (χ4v) is 5.71. The minimum Gasteiger partial charge on any atom is -0.462 e. The van der Waals surface area contributed by atoms with Gasteiger partial charge in [0.05, 0.1) is 19.8 Å². The maximum absolute atomic E-state index is 12.6. The first-order chi connectivity index (χ1) is 24.7. The Morgan fingerprint density at radius 1 is 0.588 bits per heavy atom. The molecule has 1 unspecified atom stereocenters. The molecule has 0 spiro atoms. The molecule has 0 rings (SSSR count). The topological polar surface area (TPSA) is 149 Å². The van der Waals surface area contributed by atoms with E-state index >= 15 is 0 Å². The minimum absolute atomic E-state index is 0.146. The fraction of sp³-hybridized carbons (Fsp3) is 0.750. The summed E-state index contributed by atoms with van der Waals surface area (Å²) in [6, 6.07) is 0. The highest BCUT2D eigenvalue weighted by Crippen LogP contribution is 2.43. The van der Waals surface area contributed by atoms with Gasteiger partial charge in [-0.3, -0.25) is 18.6 Å². The van der Waals surface area contributed by atoms with Gasteiger partial charge in [0.25, 0.3) is 0 Å². The molecule has 0 aliphatic heterocycles. The molecular weight excluding hydrogens is 671 g/mol. The number of hydrogen-bond acceptors (Lipinski definition) is 9. The van der Waals surface area contributed by atoms with Crippen molar-refractivity contribution < 1.29 is 47.8 Å². The van der Waals surface area contributed by atoms with Gasteiger partial charge in [0.2, 0.25) is 0 Å². The van der Waals surface area contributed by atoms with Gasteiger partial charge in [-0.25, -0.2) is 4.57 Å². The second-order valence-electron chi connectivity index (χ2n) is 13.0. The van der Waals surface area contributed by atoms with Gasteiger partial charge in [0.15, 0.2) is 6.10 Å². The van der Waals surface area contributed by atoms with E-state index in [0.29, 0.717) is 12.8 Å². The van der Waals surface area contributed by atoms with E-state index in [1.807, 2.05) is 0 Å². The lowest BCUT2D eigenvalue weighted by atomic mass is 10.1. The van der Waals surface area contributed by atoms with Crippen molar-refractivity contribution in [2.75, 3.05) is 26.4 Å². The van der Waals surface area contributed by atoms with Gasteiger partial charge in [-0.15, -0.1) is 0 Å². The quantitative estimate of drug-likeness (QED) is 0.0245. The maximum Gasteiger partial charge on any atom is 0.472 e. The molecule has 0 aromatic heterocycles. The van der Waals surface area contributed by atoms with Crippen LogP contribution in [0.3, 0.4) is 0 Å². The predicted molar refractivity (Wildman–Crippen MR) is 205 cm³/mol. The molecule has 0 aromatic carbocycles. The number of carbonyl (C=O) groups excluding carboxylic acids is 2. The number of unbranched alkanes of at least 4 members (excludes halogenated alkanes) is 14. The molecule has 10 nitrogen and oxygen atoms in total. The summed E-state index contributed by atoms with van der Waals surface area (Å²) in [6.45, 7) is 2.25. The van der Waals surface area contributed by atoms with Gasteiger partial charge in [-0.2, -0.15) is 0 Å². The minimum atomic E-state index is -4.62. The van der Waals surface area contributed by atoms with E-state index in [2.05, 4.69) is 67.0 Å². The third-order valence-corrected chi connectivity index (χ3v) is 8.92. The molecule has 0 aromatic rings. The monoisotopic (exact) mass is 742 g/mol. The van der Waals surface area contributed by atoms with E-state index in [-0.39, 0.29) is 19.4 Å². The number of rotatable bonds is 36. The number of aliphatic hydroxyl groups excluding tert-OH is 2. The van der Waals surface area contributed by atoms with Crippen LogP contribution in [0.25, 0.3) is 0 Å². The van der Waals surface area contributed by atoms with Gasteiger partial charge >= 0.3 is 19.8 Å². The normalized spacial score (nSPS) is 14.5. The summed E-state index contributed by atoms with van der Waals surface area (Å²) in [5.74, 6) is -0.964. The van der Waals surface area contributed by atoms with Crippen molar-refractivity contribution in [2.24, 2.45) is 0 Å². The van der Waals surface area contributed by atoms with Crippen LogP contribution in [-0.4, -0.2) is 65.7 Å². The molecule has 0 aliphatic rings. The number of aliphatic hydroxyl groups is 2. The number of phosphoric acid groups is 1. The summed E-state index contributed by atoms with van der Waals surface area (Å²) in [6.07, 6.45) is 36.5. The van der Waals surface area contributed by atoms with Crippen LogP contribution in [0.5, 0.6) is 0 Å². The molecule has 0 saturated carbocycles. The number of carbonyl (C=O) groups is 2. The molecule has 296 valence electrons. The van der Waals surface area contributed by atoms with E-state index in [0.717, 1.165) is 64.2 Å². The Hall–Kier alpha value is -2.07. The van der Waals surface area contributed by atoms with Gasteiger partial charge in [0, 0.05) is 12.8 Å². The largest absolute Gasteiger partial charge is 0.472 e. The van der Waals surface area contributed by atoms with Crippen molar-refractivity contribution in [1.29, 1.82) is 0 Å². The van der Waals surface area contributed by atoms with Crippen LogP contribution in [0, 0.1) is 0 Å². The molecule has 0 radical (unpaired) electrons. The summed E-state index contributed by atoms with van der Waals surface area (Å²) in [4.78, 5) is 34.8. The summed E-state index contributed by atoms with van der Waals surface area (Å²) in [5, 5.41) is 18.3. The van der Waals surface area contributed by atoms with E-state index < -0.39 is 51.8 Å². The number of hydrogen-bond donors (Lipinski definition) is 3. The lowest BCUT2D eigenvalue weighted by molar-refractivity contribution is -0.161. The third-order valence-electron chi connectivity index (χ3n) is 7.97. The first-order valence-electron chi connectivity index (χ1n) is 19.6. The number of phosphoric ester groups is 1. The highest BCUT2D eigenvalue weighted by Gasteiger charge is 2.27. The lowest BCUT2D eigenvalue weighted by Crippen LogP contribution is -2.29. The standard InChI is InChI=1S/C40H71O10P/c1-3-5-7-9-11-13-15-16-17-18-19-20-22-24-26-28-30-32-40(44)50-38(36-49-51(45,46)48-34-37(42)33-41)35-47-39(43)31-29-27-25-23-21-14-12-10-8-6-4-2/h7,9,13,15,17-18,20,22,37-38,41-42H,3-6,8,10-12,14,16,19,21,23-36H2,1-2H3,(H,45,46)/b9-7+,15-13+,18-17+,22-20+/t37-,38+/m0/s1. The Morgan fingerprint density at radius 3 is 1.61 bits per heavy atom. The Labute approximate surface area is 309 Å². The van der Waals surface area contributed by atoms with Crippen LogP contribution in [0.4, 0.5) is 0 Å². The molecule has 0 bridgehead atoms. The maximum atomic E-state index is 12.6. The van der Waals surface area contributed by atoms with Gasteiger partial charge < -0.3 is 24.6 Å². The molecule has 51 heavy (non-hydrogen) atoms. The second kappa shape index (κ2) is 36.3. The zero-order valence-corrected chi connectivity index (χ0v) is 32.7. The highest BCUT2D eigenvalue weighted by atomic mass is 31.2. The van der Waals surface area contributed by atoms with Crippen LogP contribution in [0.2, 0.25) is 0 Å². The van der Waals surface area contributed by atoms with Crippen LogP contribution in [-0.2, 0) is 32.7 Å². The van der Waals surface area contributed by atoms with Crippen LogP contribution in [0.15, 0.2) is 48.6 Å². The first kappa shape index (κ1) is 48.9. The highest BCUT2D eigenvalue weighted by molar-refractivity contribution is 7.47. The number of esters is 2. The van der Waals surface area contributed by atoms with Gasteiger partial charge in [0.1, 0.15) is 12.7 Å². The Kier molecular flexibility index (Phi) is 34.8. The summed E-state index contributed by atoms with van der Waals surface area (Å²) < 4.78 is 32.6. The van der Waals surface area contributed by atoms with Crippen molar-refractivity contribution in [2.45, 2.75) is 167 Å². The molecule has 0 fully saturated rings. The number of allylic oxidation sites excluding steroid dienone is 8. The average Bonchev–Trinajstić information content (AvgIpc) is 3.12.